The average molecular weight is 151 g/mol. The second-order valence-corrected chi connectivity index (χ2v) is 2.12. The molecule has 2 heteroatoms. The molecule has 0 bridgehead atoms. The van der Waals surface area contributed by atoms with E-state index in [2.05, 4.69) is 12.1 Å². The Morgan fingerprint density at radius 3 is 2.64 bits per heavy atom. The number of allylic oxidation sites excluding steroid dienone is 6. The Hall–Kier alpha value is -1.18. The molecule has 11 heavy (non-hydrogen) atoms. The Morgan fingerprint density at radius 1 is 1.36 bits per heavy atom. The van der Waals surface area contributed by atoms with Gasteiger partial charge in [-0.25, -0.2) is 0 Å². The van der Waals surface area contributed by atoms with Crippen molar-refractivity contribution in [2.75, 3.05) is 0 Å². The van der Waals surface area contributed by atoms with Gasteiger partial charge >= 0.3 is 0 Å². The minimum Gasteiger partial charge on any atom is -0.145 e. The molecule has 60 valence electrons. The molecule has 0 aromatic heterocycles. The first kappa shape index (κ1) is 9.82. The maximum atomic E-state index is 9.85. The summed E-state index contributed by atoms with van der Waals surface area (Å²) in [6.07, 6.45) is 10.3. The largest absolute Gasteiger partial charge is 0.145 e. The second-order valence-electron chi connectivity index (χ2n) is 2.12. The van der Waals surface area contributed by atoms with Crippen LogP contribution in [0.1, 0.15) is 20.3 Å². The highest BCUT2D eigenvalue weighted by atomic mass is 16.3. The molecule has 0 atom stereocenters. The van der Waals surface area contributed by atoms with Gasteiger partial charge in [-0.3, -0.25) is 0 Å². The maximum absolute atomic E-state index is 9.85. The van der Waals surface area contributed by atoms with Gasteiger partial charge in [-0.15, -0.1) is 4.91 Å². The molecule has 0 rings (SSSR count). The molecular formula is C9H13NO. The number of rotatable bonds is 4. The van der Waals surface area contributed by atoms with Crippen molar-refractivity contribution < 1.29 is 0 Å². The zero-order valence-electron chi connectivity index (χ0n) is 6.95. The molecule has 0 aliphatic carbocycles. The lowest BCUT2D eigenvalue weighted by atomic mass is 10.3. The minimum atomic E-state index is 0.492. The van der Waals surface area contributed by atoms with Gasteiger partial charge in [-0.2, -0.15) is 0 Å². The SMILES string of the molecule is CC/C=C/C=C\C=C(/C)N=O. The van der Waals surface area contributed by atoms with Crippen molar-refractivity contribution in [2.45, 2.75) is 20.3 Å². The lowest BCUT2D eigenvalue weighted by molar-refractivity contribution is 1.22. The Labute approximate surface area is 67.3 Å². The molecule has 0 aromatic rings. The van der Waals surface area contributed by atoms with Crippen LogP contribution in [-0.2, 0) is 0 Å². The Morgan fingerprint density at radius 2 is 2.09 bits per heavy atom. The number of nitroso groups, excluding NO2 is 1. The number of hydrogen-bond donors (Lipinski definition) is 0. The summed E-state index contributed by atoms with van der Waals surface area (Å²) in [6.45, 7) is 3.74. The third-order valence-corrected chi connectivity index (χ3v) is 1.08. The van der Waals surface area contributed by atoms with Gasteiger partial charge in [-0.1, -0.05) is 31.2 Å². The average Bonchev–Trinajstić information content (AvgIpc) is 2.04. The van der Waals surface area contributed by atoms with Crippen molar-refractivity contribution in [2.24, 2.45) is 5.18 Å². The maximum Gasteiger partial charge on any atom is 0.0818 e. The summed E-state index contributed by atoms with van der Waals surface area (Å²) < 4.78 is 0. The highest BCUT2D eigenvalue weighted by molar-refractivity contribution is 5.14. The predicted octanol–water partition coefficient (Wildman–Crippen LogP) is 3.18. The first-order chi connectivity index (χ1) is 5.31. The van der Waals surface area contributed by atoms with E-state index in [0.717, 1.165) is 6.42 Å². The van der Waals surface area contributed by atoms with Crippen LogP contribution in [0, 0.1) is 4.91 Å². The molecular weight excluding hydrogens is 138 g/mol. The molecule has 0 amide bonds. The Kier molecular flexibility index (Phi) is 6.19. The lowest BCUT2D eigenvalue weighted by Crippen LogP contribution is -1.61. The Balaban J connectivity index is 3.76. The van der Waals surface area contributed by atoms with Crippen LogP contribution in [0.5, 0.6) is 0 Å². The van der Waals surface area contributed by atoms with E-state index in [1.54, 1.807) is 19.1 Å². The van der Waals surface area contributed by atoms with Crippen LogP contribution in [0.15, 0.2) is 41.3 Å². The monoisotopic (exact) mass is 151 g/mol. The van der Waals surface area contributed by atoms with Crippen LogP contribution in [0.4, 0.5) is 0 Å². The van der Waals surface area contributed by atoms with Gasteiger partial charge in [0.25, 0.3) is 0 Å². The zero-order chi connectivity index (χ0) is 8.53. The molecule has 0 aliphatic rings. The van der Waals surface area contributed by atoms with Gasteiger partial charge in [0.2, 0.25) is 0 Å². The van der Waals surface area contributed by atoms with Gasteiger partial charge in [0.05, 0.1) is 5.70 Å². The van der Waals surface area contributed by atoms with Crippen molar-refractivity contribution in [1.82, 2.24) is 0 Å². The van der Waals surface area contributed by atoms with Gasteiger partial charge in [0, 0.05) is 0 Å². The summed E-state index contributed by atoms with van der Waals surface area (Å²) in [7, 11) is 0. The third kappa shape index (κ3) is 6.71. The Bertz CT molecular complexity index is 190. The summed E-state index contributed by atoms with van der Waals surface area (Å²) in [5.41, 5.74) is 0.492. The van der Waals surface area contributed by atoms with Gasteiger partial charge in [-0.05, 0) is 24.6 Å². The van der Waals surface area contributed by atoms with Crippen molar-refractivity contribution in [3.8, 4) is 0 Å². The minimum absolute atomic E-state index is 0.492. The molecule has 0 N–H and O–H groups in total. The van der Waals surface area contributed by atoms with Gasteiger partial charge in [0.1, 0.15) is 0 Å². The van der Waals surface area contributed by atoms with E-state index in [-0.39, 0.29) is 0 Å². The van der Waals surface area contributed by atoms with Crippen LogP contribution < -0.4 is 0 Å². The summed E-state index contributed by atoms with van der Waals surface area (Å²) in [6, 6.07) is 0. The van der Waals surface area contributed by atoms with E-state index in [4.69, 9.17) is 0 Å². The molecule has 0 heterocycles. The first-order valence-corrected chi connectivity index (χ1v) is 3.64. The lowest BCUT2D eigenvalue weighted by Gasteiger charge is -1.78. The standard InChI is InChI=1S/C9H13NO/c1-3-4-5-6-7-8-9(2)10-11/h4-8H,3H2,1-2H3/b5-4+,7-6-,9-8+. The smallest absolute Gasteiger partial charge is 0.0818 e. The molecule has 0 saturated heterocycles. The van der Waals surface area contributed by atoms with Crippen LogP contribution in [0.25, 0.3) is 0 Å². The number of nitrogens with zero attached hydrogens (tertiary/aromatic N) is 1. The van der Waals surface area contributed by atoms with Crippen LogP contribution in [0.2, 0.25) is 0 Å². The van der Waals surface area contributed by atoms with Crippen LogP contribution >= 0.6 is 0 Å². The molecule has 0 aliphatic heterocycles. The molecule has 0 radical (unpaired) electrons. The normalized spacial score (nSPS) is 13.1. The van der Waals surface area contributed by atoms with Gasteiger partial charge in [0.15, 0.2) is 0 Å². The zero-order valence-corrected chi connectivity index (χ0v) is 6.95. The predicted molar refractivity (Wildman–Crippen MR) is 48.1 cm³/mol. The fraction of sp³-hybridized carbons (Fsp3) is 0.333. The first-order valence-electron chi connectivity index (χ1n) is 3.64. The van der Waals surface area contributed by atoms with E-state index in [1.807, 2.05) is 18.2 Å². The molecule has 0 saturated carbocycles. The van der Waals surface area contributed by atoms with Crippen LogP contribution in [0.3, 0.4) is 0 Å². The molecule has 0 spiro atoms. The van der Waals surface area contributed by atoms with Crippen molar-refractivity contribution in [1.29, 1.82) is 0 Å². The van der Waals surface area contributed by atoms with Crippen molar-refractivity contribution in [3.05, 3.63) is 41.0 Å². The summed E-state index contributed by atoms with van der Waals surface area (Å²) in [4.78, 5) is 9.85. The van der Waals surface area contributed by atoms with E-state index in [1.165, 1.54) is 0 Å². The fourth-order valence-corrected chi connectivity index (χ4v) is 0.504. The summed E-state index contributed by atoms with van der Waals surface area (Å²) in [5.74, 6) is 0. The van der Waals surface area contributed by atoms with E-state index >= 15 is 0 Å². The summed E-state index contributed by atoms with van der Waals surface area (Å²) in [5, 5.41) is 2.74. The second kappa shape index (κ2) is 6.93. The van der Waals surface area contributed by atoms with Crippen LogP contribution in [-0.4, -0.2) is 0 Å². The molecule has 2 nitrogen and oxygen atoms in total. The molecule has 0 fully saturated rings. The van der Waals surface area contributed by atoms with E-state index in [9.17, 15) is 4.91 Å². The highest BCUT2D eigenvalue weighted by Crippen LogP contribution is 1.93. The highest BCUT2D eigenvalue weighted by Gasteiger charge is 1.77. The van der Waals surface area contributed by atoms with Crippen molar-refractivity contribution >= 4 is 0 Å². The summed E-state index contributed by atoms with van der Waals surface area (Å²) >= 11 is 0. The van der Waals surface area contributed by atoms with E-state index in [0.29, 0.717) is 5.70 Å². The quantitative estimate of drug-likeness (QED) is 0.448. The van der Waals surface area contributed by atoms with Crippen molar-refractivity contribution in [3.63, 3.8) is 0 Å². The van der Waals surface area contributed by atoms with Gasteiger partial charge < -0.3 is 0 Å². The van der Waals surface area contributed by atoms with E-state index < -0.39 is 0 Å². The molecule has 0 aromatic carbocycles. The fourth-order valence-electron chi connectivity index (χ4n) is 0.504. The number of hydrogen-bond acceptors (Lipinski definition) is 2. The molecule has 0 unspecified atom stereocenters. The topological polar surface area (TPSA) is 29.4 Å². The third-order valence-electron chi connectivity index (χ3n) is 1.08.